The summed E-state index contributed by atoms with van der Waals surface area (Å²) in [5.74, 6) is 1.77. The first-order valence-electron chi connectivity index (χ1n) is 23.6. The lowest BCUT2D eigenvalue weighted by molar-refractivity contribution is 0.716. The van der Waals surface area contributed by atoms with Gasteiger partial charge in [-0.1, -0.05) is 213 Å². The van der Waals surface area contributed by atoms with Crippen LogP contribution in [-0.2, 0) is 5.41 Å². The molecule has 1 heterocycles. The summed E-state index contributed by atoms with van der Waals surface area (Å²) >= 11 is 0. The molecule has 0 bridgehead atoms. The fraction of sp³-hybridized carbons (Fsp3) is 0.0455. The van der Waals surface area contributed by atoms with Gasteiger partial charge in [0, 0.05) is 22.1 Å². The molecule has 1 atom stereocenters. The first-order chi connectivity index (χ1) is 34.0. The summed E-state index contributed by atoms with van der Waals surface area (Å²) in [6.45, 7) is 8.48. The van der Waals surface area contributed by atoms with Crippen molar-refractivity contribution in [1.29, 1.82) is 0 Å². The summed E-state index contributed by atoms with van der Waals surface area (Å²) in [4.78, 5) is 16.4. The van der Waals surface area contributed by atoms with Crippen molar-refractivity contribution in [3.05, 3.63) is 278 Å². The molecule has 1 aromatic heterocycles. The maximum Gasteiger partial charge on any atom is 0.164 e. The van der Waals surface area contributed by atoms with Gasteiger partial charge in [-0.25, -0.2) is 15.0 Å². The van der Waals surface area contributed by atoms with Crippen LogP contribution in [0, 0.1) is 0 Å². The van der Waals surface area contributed by atoms with E-state index in [4.69, 9.17) is 15.0 Å². The van der Waals surface area contributed by atoms with Crippen molar-refractivity contribution in [3.8, 4) is 89.8 Å². The van der Waals surface area contributed by atoms with E-state index in [0.717, 1.165) is 61.2 Å². The molecule has 328 valence electrons. The van der Waals surface area contributed by atoms with Crippen LogP contribution in [0.5, 0.6) is 0 Å². The van der Waals surface area contributed by atoms with Crippen molar-refractivity contribution in [2.24, 2.45) is 0 Å². The molecule has 1 unspecified atom stereocenters. The Morgan fingerprint density at radius 1 is 0.377 bits per heavy atom. The number of aromatic nitrogens is 3. The number of fused-ring (bicyclic) bond motifs is 3. The summed E-state index contributed by atoms with van der Waals surface area (Å²) < 4.78 is 0. The lowest BCUT2D eigenvalue weighted by Crippen LogP contribution is -2.23. The monoisotopic (exact) mass is 883 g/mol. The van der Waals surface area contributed by atoms with Crippen molar-refractivity contribution in [2.75, 3.05) is 0 Å². The Hall–Kier alpha value is -8.79. The van der Waals surface area contributed by atoms with Crippen LogP contribution in [0.15, 0.2) is 255 Å². The Bertz CT molecular complexity index is 3520. The molecule has 0 N–H and O–H groups in total. The molecule has 1 aliphatic carbocycles. The number of benzene rings is 9. The maximum absolute atomic E-state index is 5.47. The number of hydrogen-bond donors (Lipinski definition) is 0. The first-order valence-corrected chi connectivity index (χ1v) is 23.6. The summed E-state index contributed by atoms with van der Waals surface area (Å²) in [7, 11) is 0. The second kappa shape index (κ2) is 18.5. The molecule has 10 aromatic rings. The smallest absolute Gasteiger partial charge is 0.164 e. The third kappa shape index (κ3) is 8.15. The highest BCUT2D eigenvalue weighted by Crippen LogP contribution is 2.55. The Labute approximate surface area is 405 Å². The van der Waals surface area contributed by atoms with Crippen molar-refractivity contribution in [2.45, 2.75) is 19.3 Å². The topological polar surface area (TPSA) is 38.7 Å². The van der Waals surface area contributed by atoms with E-state index < -0.39 is 5.41 Å². The van der Waals surface area contributed by atoms with E-state index in [9.17, 15) is 0 Å². The van der Waals surface area contributed by atoms with Gasteiger partial charge < -0.3 is 0 Å². The zero-order chi connectivity index (χ0) is 46.7. The average Bonchev–Trinajstić information content (AvgIpc) is 3.68. The van der Waals surface area contributed by atoms with Crippen LogP contribution in [-0.4, -0.2) is 15.0 Å². The van der Waals surface area contributed by atoms with Crippen LogP contribution in [0.4, 0.5) is 0 Å². The van der Waals surface area contributed by atoms with Crippen molar-refractivity contribution < 1.29 is 0 Å². The van der Waals surface area contributed by atoms with Gasteiger partial charge in [0.15, 0.2) is 17.5 Å². The van der Waals surface area contributed by atoms with Gasteiger partial charge in [-0.2, -0.15) is 0 Å². The van der Waals surface area contributed by atoms with Gasteiger partial charge in [-0.15, -0.1) is 0 Å². The second-order valence-corrected chi connectivity index (χ2v) is 17.7. The van der Waals surface area contributed by atoms with Gasteiger partial charge in [0.05, 0.1) is 0 Å². The first kappa shape index (κ1) is 42.8. The van der Waals surface area contributed by atoms with E-state index in [1.165, 1.54) is 38.9 Å². The normalized spacial score (nSPS) is 14.1. The maximum atomic E-state index is 5.47. The van der Waals surface area contributed by atoms with E-state index in [2.05, 4.69) is 250 Å². The second-order valence-electron chi connectivity index (χ2n) is 17.7. The SMILES string of the molecule is C=C/C=C(\C=C/C)c1cc(-c2ccccc2)cc(-c2nc(-c3cc(-c4ccccc4)cc(-c4ccccc4)c3)nc(-c3ccc4c(c3)C(C)(c3ccccc3-c3ccccc3)c3ccccc3-4)n2)c1. The van der Waals surface area contributed by atoms with Crippen molar-refractivity contribution >= 4 is 5.57 Å². The molecule has 69 heavy (non-hydrogen) atoms. The Morgan fingerprint density at radius 2 is 0.783 bits per heavy atom. The van der Waals surface area contributed by atoms with Crippen molar-refractivity contribution in [3.63, 3.8) is 0 Å². The van der Waals surface area contributed by atoms with Crippen LogP contribution in [0.25, 0.3) is 95.4 Å². The molecule has 9 aromatic carbocycles. The molecule has 11 rings (SSSR count). The Morgan fingerprint density at radius 3 is 1.32 bits per heavy atom. The molecular formula is C66H49N3. The highest BCUT2D eigenvalue weighted by Gasteiger charge is 2.42. The predicted molar refractivity (Wildman–Crippen MR) is 288 cm³/mol. The fourth-order valence-electron chi connectivity index (χ4n) is 10.1. The van der Waals surface area contributed by atoms with Gasteiger partial charge in [0.1, 0.15) is 0 Å². The van der Waals surface area contributed by atoms with E-state index in [1.807, 2.05) is 19.1 Å². The molecule has 0 radical (unpaired) electrons. The van der Waals surface area contributed by atoms with Crippen LogP contribution in [0.2, 0.25) is 0 Å². The van der Waals surface area contributed by atoms with E-state index >= 15 is 0 Å². The highest BCUT2D eigenvalue weighted by molar-refractivity contribution is 5.89. The highest BCUT2D eigenvalue weighted by atomic mass is 15.0. The van der Waals surface area contributed by atoms with Gasteiger partial charge in [-0.3, -0.25) is 0 Å². The van der Waals surface area contributed by atoms with E-state index in [1.54, 1.807) is 0 Å². The molecule has 0 saturated heterocycles. The Kier molecular flexibility index (Phi) is 11.5. The third-order valence-corrected chi connectivity index (χ3v) is 13.4. The minimum Gasteiger partial charge on any atom is -0.208 e. The van der Waals surface area contributed by atoms with Crippen LogP contribution >= 0.6 is 0 Å². The number of rotatable bonds is 11. The predicted octanol–water partition coefficient (Wildman–Crippen LogP) is 17.0. The molecule has 3 nitrogen and oxygen atoms in total. The van der Waals surface area contributed by atoms with Crippen LogP contribution in [0.3, 0.4) is 0 Å². The standard InChI is InChI=1S/C66H49N3/c1-4-22-45(23-5-2)51-38-52(46-24-10-6-11-25-46)41-55(40-51)64-67-63(68-65(69-64)56-42-53(47-26-12-7-13-27-47)39-54(43-56)48-28-14-8-15-29-48)50-36-37-59-58-33-19-21-35-61(58)66(3,62(59)44-50)60-34-20-18-32-57(60)49-30-16-9-17-31-49/h4-44H,1H2,2-3H3/b23-5-,45-22+. The zero-order valence-electron chi connectivity index (χ0n) is 38.7. The van der Waals surface area contributed by atoms with Crippen molar-refractivity contribution in [1.82, 2.24) is 15.0 Å². The van der Waals surface area contributed by atoms with E-state index in [0.29, 0.717) is 17.5 Å². The van der Waals surface area contributed by atoms with Crippen LogP contribution in [0.1, 0.15) is 36.1 Å². The number of nitrogens with zero attached hydrogens (tertiary/aromatic N) is 3. The third-order valence-electron chi connectivity index (χ3n) is 13.4. The molecule has 0 aliphatic heterocycles. The molecule has 0 fully saturated rings. The lowest BCUT2D eigenvalue weighted by atomic mass is 9.71. The zero-order valence-corrected chi connectivity index (χ0v) is 38.7. The minimum absolute atomic E-state index is 0.485. The average molecular weight is 884 g/mol. The molecule has 0 saturated carbocycles. The fourth-order valence-corrected chi connectivity index (χ4v) is 10.1. The minimum atomic E-state index is -0.485. The van der Waals surface area contributed by atoms with Gasteiger partial charge in [-0.05, 0) is 140 Å². The molecule has 0 spiro atoms. The number of allylic oxidation sites excluding steroid dienone is 5. The summed E-state index contributed by atoms with van der Waals surface area (Å²) in [6.07, 6.45) is 8.07. The summed E-state index contributed by atoms with van der Waals surface area (Å²) in [5, 5.41) is 0. The number of hydrogen-bond acceptors (Lipinski definition) is 3. The Balaban J connectivity index is 1.17. The largest absolute Gasteiger partial charge is 0.208 e. The van der Waals surface area contributed by atoms with Gasteiger partial charge >= 0.3 is 0 Å². The van der Waals surface area contributed by atoms with Gasteiger partial charge in [0.25, 0.3) is 0 Å². The molecule has 0 amide bonds. The summed E-state index contributed by atoms with van der Waals surface area (Å²) in [5.41, 5.74) is 19.4. The summed E-state index contributed by atoms with van der Waals surface area (Å²) in [6, 6.07) is 80.1. The lowest BCUT2D eigenvalue weighted by Gasteiger charge is -2.31. The van der Waals surface area contributed by atoms with E-state index in [-0.39, 0.29) is 0 Å². The molecular weight excluding hydrogens is 835 g/mol. The molecule has 3 heteroatoms. The van der Waals surface area contributed by atoms with Gasteiger partial charge in [0.2, 0.25) is 0 Å². The quantitative estimate of drug-likeness (QED) is 0.122. The molecule has 1 aliphatic rings. The van der Waals surface area contributed by atoms with Crippen LogP contribution < -0.4 is 0 Å².